The number of benzene rings is 1. The van der Waals surface area contributed by atoms with Crippen molar-refractivity contribution in [1.29, 1.82) is 0 Å². The number of aliphatic hydroxyl groups excluding tert-OH is 1. The van der Waals surface area contributed by atoms with Gasteiger partial charge in [-0.2, -0.15) is 0 Å². The molecule has 1 rings (SSSR count). The summed E-state index contributed by atoms with van der Waals surface area (Å²) in [6.07, 6.45) is 7.19. The van der Waals surface area contributed by atoms with Crippen molar-refractivity contribution in [2.24, 2.45) is 0 Å². The van der Waals surface area contributed by atoms with Gasteiger partial charge in [0, 0.05) is 6.42 Å². The van der Waals surface area contributed by atoms with Gasteiger partial charge in [0.05, 0.1) is 12.7 Å². The average Bonchev–Trinajstić information content (AvgIpc) is 2.52. The van der Waals surface area contributed by atoms with Crippen LogP contribution < -0.4 is 0 Å². The van der Waals surface area contributed by atoms with E-state index < -0.39 is 6.10 Å². The van der Waals surface area contributed by atoms with Crippen LogP contribution in [-0.2, 0) is 9.53 Å². The molecule has 0 fully saturated rings. The molecule has 0 saturated heterocycles. The lowest BCUT2D eigenvalue weighted by atomic mass is 10.1. The first-order valence-corrected chi connectivity index (χ1v) is 8.12. The fraction of sp³-hybridized carbons (Fsp3) is 0.611. The molecule has 0 bridgehead atoms. The van der Waals surface area contributed by atoms with E-state index in [1.807, 2.05) is 30.3 Å². The molecule has 0 aliphatic rings. The van der Waals surface area contributed by atoms with Crippen LogP contribution in [0, 0.1) is 0 Å². The molecule has 1 aromatic carbocycles. The fourth-order valence-electron chi connectivity index (χ4n) is 2.24. The van der Waals surface area contributed by atoms with Crippen LogP contribution in [0.1, 0.15) is 70.0 Å². The van der Waals surface area contributed by atoms with E-state index in [0.29, 0.717) is 13.0 Å². The molecule has 1 atom stereocenters. The zero-order valence-corrected chi connectivity index (χ0v) is 13.1. The van der Waals surface area contributed by atoms with Crippen molar-refractivity contribution in [3.05, 3.63) is 35.9 Å². The van der Waals surface area contributed by atoms with E-state index in [-0.39, 0.29) is 12.4 Å². The molecule has 0 aromatic heterocycles. The molecule has 0 unspecified atom stereocenters. The maximum atomic E-state index is 11.6. The van der Waals surface area contributed by atoms with Crippen molar-refractivity contribution in [3.8, 4) is 0 Å². The molecule has 0 heterocycles. The third-order valence-electron chi connectivity index (χ3n) is 3.57. The van der Waals surface area contributed by atoms with Gasteiger partial charge in [0.1, 0.15) is 0 Å². The number of carbonyl (C=O) groups excluding carboxylic acids is 1. The Morgan fingerprint density at radius 3 is 2.48 bits per heavy atom. The second-order valence-corrected chi connectivity index (χ2v) is 5.45. The van der Waals surface area contributed by atoms with Gasteiger partial charge in [-0.1, -0.05) is 69.4 Å². The Morgan fingerprint density at radius 2 is 1.76 bits per heavy atom. The first-order chi connectivity index (χ1) is 10.2. The van der Waals surface area contributed by atoms with Crippen LogP contribution in [0.2, 0.25) is 0 Å². The summed E-state index contributed by atoms with van der Waals surface area (Å²) in [6, 6.07) is 9.41. The van der Waals surface area contributed by atoms with Crippen LogP contribution in [0.5, 0.6) is 0 Å². The normalized spacial score (nSPS) is 12.1. The topological polar surface area (TPSA) is 46.5 Å². The monoisotopic (exact) mass is 292 g/mol. The van der Waals surface area contributed by atoms with E-state index >= 15 is 0 Å². The molecule has 0 radical (unpaired) electrons. The Bertz CT molecular complexity index is 375. The number of rotatable bonds is 11. The van der Waals surface area contributed by atoms with Gasteiger partial charge in [-0.05, 0) is 18.4 Å². The Balaban J connectivity index is 2.03. The summed E-state index contributed by atoms with van der Waals surface area (Å²) in [7, 11) is 0. The van der Waals surface area contributed by atoms with E-state index in [1.165, 1.54) is 25.7 Å². The van der Waals surface area contributed by atoms with Crippen LogP contribution in [0.4, 0.5) is 0 Å². The zero-order chi connectivity index (χ0) is 15.3. The smallest absolute Gasteiger partial charge is 0.305 e. The number of carbonyl (C=O) groups is 1. The molecule has 3 nitrogen and oxygen atoms in total. The molecule has 21 heavy (non-hydrogen) atoms. The minimum Gasteiger partial charge on any atom is -0.466 e. The quantitative estimate of drug-likeness (QED) is 0.485. The lowest BCUT2D eigenvalue weighted by Gasteiger charge is -2.10. The van der Waals surface area contributed by atoms with Crippen LogP contribution in [-0.4, -0.2) is 17.7 Å². The van der Waals surface area contributed by atoms with Gasteiger partial charge in [0.25, 0.3) is 0 Å². The Kier molecular flexibility index (Phi) is 9.55. The van der Waals surface area contributed by atoms with Crippen LogP contribution >= 0.6 is 0 Å². The minimum atomic E-state index is -0.590. The molecule has 1 aromatic rings. The second-order valence-electron chi connectivity index (χ2n) is 5.45. The highest BCUT2D eigenvalue weighted by atomic mass is 16.5. The fourth-order valence-corrected chi connectivity index (χ4v) is 2.24. The van der Waals surface area contributed by atoms with Crippen LogP contribution in [0.15, 0.2) is 30.3 Å². The summed E-state index contributed by atoms with van der Waals surface area (Å²) in [5.74, 6) is -0.210. The summed E-state index contributed by atoms with van der Waals surface area (Å²) in [6.45, 7) is 2.71. The number of esters is 1. The summed E-state index contributed by atoms with van der Waals surface area (Å²) in [5.41, 5.74) is 0.848. The molecular formula is C18H28O3. The molecule has 3 heteroatoms. The second kappa shape index (κ2) is 11.3. The van der Waals surface area contributed by atoms with Crippen LogP contribution in [0.3, 0.4) is 0 Å². The van der Waals surface area contributed by atoms with Gasteiger partial charge in [-0.15, -0.1) is 0 Å². The Morgan fingerprint density at radius 1 is 1.10 bits per heavy atom. The number of hydrogen-bond donors (Lipinski definition) is 1. The lowest BCUT2D eigenvalue weighted by Crippen LogP contribution is -2.08. The van der Waals surface area contributed by atoms with E-state index in [1.54, 1.807) is 0 Å². The van der Waals surface area contributed by atoms with Gasteiger partial charge in [-0.3, -0.25) is 4.79 Å². The summed E-state index contributed by atoms with van der Waals surface area (Å²) < 4.78 is 5.18. The van der Waals surface area contributed by atoms with Gasteiger partial charge >= 0.3 is 5.97 Å². The SMILES string of the molecule is CCCCCCCCOC(=O)CC[C@@H](O)c1ccccc1. The minimum absolute atomic E-state index is 0.210. The number of hydrogen-bond acceptors (Lipinski definition) is 3. The average molecular weight is 292 g/mol. The molecular weight excluding hydrogens is 264 g/mol. The molecule has 1 N–H and O–H groups in total. The highest BCUT2D eigenvalue weighted by molar-refractivity contribution is 5.69. The Labute approximate surface area is 128 Å². The third-order valence-corrected chi connectivity index (χ3v) is 3.57. The zero-order valence-electron chi connectivity index (χ0n) is 13.1. The molecule has 0 amide bonds. The predicted octanol–water partition coefficient (Wildman–Crippen LogP) is 4.40. The molecule has 0 spiro atoms. The maximum Gasteiger partial charge on any atom is 0.305 e. The first kappa shape index (κ1) is 17.7. The maximum absolute atomic E-state index is 11.6. The van der Waals surface area contributed by atoms with E-state index in [4.69, 9.17) is 4.74 Å². The molecule has 0 aliphatic heterocycles. The summed E-state index contributed by atoms with van der Waals surface area (Å²) in [4.78, 5) is 11.6. The van der Waals surface area contributed by atoms with Gasteiger partial charge in [-0.25, -0.2) is 0 Å². The van der Waals surface area contributed by atoms with Gasteiger partial charge in [0.15, 0.2) is 0 Å². The number of unbranched alkanes of at least 4 members (excludes halogenated alkanes) is 5. The lowest BCUT2D eigenvalue weighted by molar-refractivity contribution is -0.144. The number of ether oxygens (including phenoxy) is 1. The van der Waals surface area contributed by atoms with Crippen molar-refractivity contribution in [2.75, 3.05) is 6.61 Å². The van der Waals surface area contributed by atoms with Gasteiger partial charge in [0.2, 0.25) is 0 Å². The number of aliphatic hydroxyl groups is 1. The van der Waals surface area contributed by atoms with Crippen molar-refractivity contribution in [2.45, 2.75) is 64.4 Å². The predicted molar refractivity (Wildman–Crippen MR) is 85.0 cm³/mol. The summed E-state index contributed by atoms with van der Waals surface area (Å²) >= 11 is 0. The molecule has 118 valence electrons. The van der Waals surface area contributed by atoms with E-state index in [9.17, 15) is 9.90 Å². The van der Waals surface area contributed by atoms with Crippen molar-refractivity contribution < 1.29 is 14.6 Å². The Hall–Kier alpha value is -1.35. The summed E-state index contributed by atoms with van der Waals surface area (Å²) in [5, 5.41) is 9.95. The van der Waals surface area contributed by atoms with Crippen molar-refractivity contribution >= 4 is 5.97 Å². The molecule has 0 aliphatic carbocycles. The van der Waals surface area contributed by atoms with Crippen molar-refractivity contribution in [3.63, 3.8) is 0 Å². The highest BCUT2D eigenvalue weighted by Crippen LogP contribution is 2.17. The third kappa shape index (κ3) is 8.51. The standard InChI is InChI=1S/C18H28O3/c1-2-3-4-5-6-10-15-21-18(20)14-13-17(19)16-11-8-7-9-12-16/h7-9,11-12,17,19H,2-6,10,13-15H2,1H3/t17-/m1/s1. The largest absolute Gasteiger partial charge is 0.466 e. The van der Waals surface area contributed by atoms with Crippen LogP contribution in [0.25, 0.3) is 0 Å². The van der Waals surface area contributed by atoms with E-state index in [0.717, 1.165) is 18.4 Å². The van der Waals surface area contributed by atoms with Crippen molar-refractivity contribution in [1.82, 2.24) is 0 Å². The van der Waals surface area contributed by atoms with E-state index in [2.05, 4.69) is 6.92 Å². The van der Waals surface area contributed by atoms with Gasteiger partial charge < -0.3 is 9.84 Å². The molecule has 0 saturated carbocycles. The first-order valence-electron chi connectivity index (χ1n) is 8.12. The highest BCUT2D eigenvalue weighted by Gasteiger charge is 2.10.